The molecule has 26 heavy (non-hydrogen) atoms. The van der Waals surface area contributed by atoms with E-state index in [9.17, 15) is 14.9 Å². The average Bonchev–Trinajstić information content (AvgIpc) is 2.57. The first kappa shape index (κ1) is 22.2. The van der Waals surface area contributed by atoms with E-state index in [4.69, 9.17) is 0 Å². The smallest absolute Gasteiger partial charge is 0.293 e. The van der Waals surface area contributed by atoms with Crippen LogP contribution in [0.2, 0.25) is 0 Å². The standard InChI is InChI=1S/C18H28N4O3.ClH/c1-13-9-14(2)12-21(11-13)16-6-5-15(10-17(16)22(24)25)18(23)20(4)8-7-19-3;/h5-6,10,13-14,19H,7-9,11-12H2,1-4H3;1H. The van der Waals surface area contributed by atoms with Crippen LogP contribution in [0.5, 0.6) is 0 Å². The summed E-state index contributed by atoms with van der Waals surface area (Å²) in [5.41, 5.74) is 0.971. The Balaban J connectivity index is 0.00000338. The lowest BCUT2D eigenvalue weighted by Crippen LogP contribution is -2.39. The zero-order valence-corrected chi connectivity index (χ0v) is 16.7. The van der Waals surface area contributed by atoms with Gasteiger partial charge in [0, 0.05) is 44.9 Å². The van der Waals surface area contributed by atoms with Crippen molar-refractivity contribution in [3.63, 3.8) is 0 Å². The van der Waals surface area contributed by atoms with Gasteiger partial charge in [-0.3, -0.25) is 14.9 Å². The first-order valence-electron chi connectivity index (χ1n) is 8.77. The SMILES string of the molecule is CNCCN(C)C(=O)c1ccc(N2CC(C)CC(C)C2)c([N+](=O)[O-])c1.Cl. The van der Waals surface area contributed by atoms with Gasteiger partial charge in [0.15, 0.2) is 0 Å². The third-order valence-corrected chi connectivity index (χ3v) is 4.67. The number of hydrogen-bond donors (Lipinski definition) is 1. The number of nitro benzene ring substituents is 1. The maximum Gasteiger partial charge on any atom is 0.293 e. The van der Waals surface area contributed by atoms with Crippen LogP contribution in [0.3, 0.4) is 0 Å². The molecule has 0 radical (unpaired) electrons. The second kappa shape index (κ2) is 9.73. The highest BCUT2D eigenvalue weighted by Crippen LogP contribution is 2.34. The molecule has 1 aromatic rings. The van der Waals surface area contributed by atoms with E-state index in [0.717, 1.165) is 19.5 Å². The van der Waals surface area contributed by atoms with Crippen LogP contribution in [0.4, 0.5) is 11.4 Å². The molecule has 2 unspecified atom stereocenters. The van der Waals surface area contributed by atoms with Crippen molar-refractivity contribution in [3.8, 4) is 0 Å². The topological polar surface area (TPSA) is 78.7 Å². The minimum Gasteiger partial charge on any atom is -0.365 e. The molecule has 1 N–H and O–H groups in total. The lowest BCUT2D eigenvalue weighted by atomic mass is 9.91. The molecular formula is C18H29ClN4O3. The van der Waals surface area contributed by atoms with Gasteiger partial charge in [-0.15, -0.1) is 12.4 Å². The first-order chi connectivity index (χ1) is 11.8. The van der Waals surface area contributed by atoms with Crippen molar-refractivity contribution < 1.29 is 9.72 Å². The van der Waals surface area contributed by atoms with E-state index in [1.165, 1.54) is 6.07 Å². The van der Waals surface area contributed by atoms with Gasteiger partial charge in [-0.05, 0) is 37.4 Å². The molecule has 1 amide bonds. The number of amides is 1. The maximum absolute atomic E-state index is 12.5. The van der Waals surface area contributed by atoms with Crippen LogP contribution in [0, 0.1) is 22.0 Å². The molecule has 0 saturated carbocycles. The van der Waals surface area contributed by atoms with Crippen molar-refractivity contribution in [2.75, 3.05) is 45.2 Å². The fourth-order valence-electron chi connectivity index (χ4n) is 3.53. The summed E-state index contributed by atoms with van der Waals surface area (Å²) >= 11 is 0. The van der Waals surface area contributed by atoms with Crippen LogP contribution >= 0.6 is 12.4 Å². The Bertz CT molecular complexity index is 631. The van der Waals surface area contributed by atoms with Gasteiger partial charge in [0.05, 0.1) is 4.92 Å². The molecule has 0 bridgehead atoms. The van der Waals surface area contributed by atoms with E-state index in [2.05, 4.69) is 24.1 Å². The lowest BCUT2D eigenvalue weighted by Gasteiger charge is -2.36. The number of nitrogens with one attached hydrogen (secondary N) is 1. The molecular weight excluding hydrogens is 356 g/mol. The van der Waals surface area contributed by atoms with Crippen LogP contribution in [0.25, 0.3) is 0 Å². The van der Waals surface area contributed by atoms with Gasteiger partial charge in [0.1, 0.15) is 5.69 Å². The van der Waals surface area contributed by atoms with Crippen molar-refractivity contribution in [1.82, 2.24) is 10.2 Å². The molecule has 1 aliphatic heterocycles. The molecule has 146 valence electrons. The molecule has 0 aliphatic carbocycles. The van der Waals surface area contributed by atoms with Crippen molar-refractivity contribution in [2.45, 2.75) is 20.3 Å². The number of piperidine rings is 1. The van der Waals surface area contributed by atoms with Gasteiger partial charge in [-0.25, -0.2) is 0 Å². The molecule has 1 heterocycles. The minimum atomic E-state index is -0.385. The number of hydrogen-bond acceptors (Lipinski definition) is 5. The van der Waals surface area contributed by atoms with Crippen molar-refractivity contribution >= 4 is 29.7 Å². The molecule has 0 aromatic heterocycles. The zero-order chi connectivity index (χ0) is 18.6. The van der Waals surface area contributed by atoms with E-state index in [1.807, 2.05) is 7.05 Å². The fraction of sp³-hybridized carbons (Fsp3) is 0.611. The Morgan fingerprint density at radius 3 is 2.50 bits per heavy atom. The minimum absolute atomic E-state index is 0. The molecule has 1 saturated heterocycles. The molecule has 8 heteroatoms. The summed E-state index contributed by atoms with van der Waals surface area (Å²) in [7, 11) is 3.52. The van der Waals surface area contributed by atoms with Crippen LogP contribution in [-0.2, 0) is 0 Å². The number of rotatable bonds is 6. The van der Waals surface area contributed by atoms with Gasteiger partial charge in [0.25, 0.3) is 11.6 Å². The predicted molar refractivity (Wildman–Crippen MR) is 106 cm³/mol. The molecule has 0 spiro atoms. The summed E-state index contributed by atoms with van der Waals surface area (Å²) < 4.78 is 0. The summed E-state index contributed by atoms with van der Waals surface area (Å²) in [6, 6.07) is 4.84. The quantitative estimate of drug-likeness (QED) is 0.602. The summed E-state index contributed by atoms with van der Waals surface area (Å²) in [4.78, 5) is 27.3. The van der Waals surface area contributed by atoms with E-state index in [1.54, 1.807) is 24.1 Å². The molecule has 7 nitrogen and oxygen atoms in total. The number of nitro groups is 1. The Kier molecular flexibility index (Phi) is 8.30. The predicted octanol–water partition coefficient (Wildman–Crippen LogP) is 2.79. The zero-order valence-electron chi connectivity index (χ0n) is 15.9. The molecule has 1 aromatic carbocycles. The van der Waals surface area contributed by atoms with Gasteiger partial charge >= 0.3 is 0 Å². The summed E-state index contributed by atoms with van der Waals surface area (Å²) in [5, 5.41) is 14.6. The first-order valence-corrected chi connectivity index (χ1v) is 8.77. The van der Waals surface area contributed by atoms with E-state index in [-0.39, 0.29) is 28.9 Å². The second-order valence-electron chi connectivity index (χ2n) is 7.14. The largest absolute Gasteiger partial charge is 0.365 e. The number of nitrogens with zero attached hydrogens (tertiary/aromatic N) is 3. The van der Waals surface area contributed by atoms with Crippen molar-refractivity contribution in [1.29, 1.82) is 0 Å². The van der Waals surface area contributed by atoms with Crippen LogP contribution in [0.15, 0.2) is 18.2 Å². The molecule has 2 rings (SSSR count). The maximum atomic E-state index is 12.5. The Hall–Kier alpha value is -1.86. The second-order valence-corrected chi connectivity index (χ2v) is 7.14. The summed E-state index contributed by atoms with van der Waals surface area (Å²) in [5.74, 6) is 0.792. The highest BCUT2D eigenvalue weighted by Gasteiger charge is 2.28. The average molecular weight is 385 g/mol. The normalized spacial score (nSPS) is 19.6. The van der Waals surface area contributed by atoms with E-state index >= 15 is 0 Å². The van der Waals surface area contributed by atoms with Crippen LogP contribution < -0.4 is 10.2 Å². The van der Waals surface area contributed by atoms with Crippen molar-refractivity contribution in [2.24, 2.45) is 11.8 Å². The van der Waals surface area contributed by atoms with Crippen LogP contribution in [0.1, 0.15) is 30.6 Å². The monoisotopic (exact) mass is 384 g/mol. The molecule has 1 aliphatic rings. The van der Waals surface area contributed by atoms with Crippen molar-refractivity contribution in [3.05, 3.63) is 33.9 Å². The molecule has 1 fully saturated rings. The summed E-state index contributed by atoms with van der Waals surface area (Å²) in [6.07, 6.45) is 1.14. The number of halogens is 1. The van der Waals surface area contributed by atoms with E-state index < -0.39 is 0 Å². The Labute approximate surface area is 161 Å². The van der Waals surface area contributed by atoms with Gasteiger partial charge in [-0.1, -0.05) is 13.8 Å². The molecule has 2 atom stereocenters. The third-order valence-electron chi connectivity index (χ3n) is 4.67. The Morgan fingerprint density at radius 2 is 1.96 bits per heavy atom. The lowest BCUT2D eigenvalue weighted by molar-refractivity contribution is -0.384. The number of carbonyl (C=O) groups is 1. The fourth-order valence-corrected chi connectivity index (χ4v) is 3.53. The van der Waals surface area contributed by atoms with E-state index in [0.29, 0.717) is 36.2 Å². The number of carbonyl (C=O) groups excluding carboxylic acids is 1. The van der Waals surface area contributed by atoms with Crippen LogP contribution in [-0.4, -0.2) is 56.0 Å². The number of benzene rings is 1. The number of likely N-dealkylation sites (N-methyl/N-ethyl adjacent to an activating group) is 2. The van der Waals surface area contributed by atoms with Gasteiger partial charge in [-0.2, -0.15) is 0 Å². The van der Waals surface area contributed by atoms with Gasteiger partial charge in [0.2, 0.25) is 0 Å². The highest BCUT2D eigenvalue weighted by molar-refractivity contribution is 5.95. The third kappa shape index (κ3) is 5.32. The summed E-state index contributed by atoms with van der Waals surface area (Å²) in [6.45, 7) is 7.17. The highest BCUT2D eigenvalue weighted by atomic mass is 35.5. The van der Waals surface area contributed by atoms with Gasteiger partial charge < -0.3 is 15.1 Å². The number of anilines is 1. The Morgan fingerprint density at radius 1 is 1.35 bits per heavy atom.